The van der Waals surface area contributed by atoms with E-state index in [1.165, 1.54) is 60.1 Å². The number of rotatable bonds is 4. The number of hydrogen-bond acceptors (Lipinski definition) is 2. The van der Waals surface area contributed by atoms with Gasteiger partial charge in [0.1, 0.15) is 11.5 Å². The lowest BCUT2D eigenvalue weighted by Gasteiger charge is -2.12. The highest BCUT2D eigenvalue weighted by Gasteiger charge is 2.16. The Bertz CT molecular complexity index is 3540. The highest BCUT2D eigenvalue weighted by atomic mass is 15.1. The molecule has 0 aliphatic heterocycles. The fourth-order valence-electron chi connectivity index (χ4n) is 8.72. The van der Waals surface area contributed by atoms with Crippen LogP contribution in [0.25, 0.3) is 110 Å². The Kier molecular flexibility index (Phi) is 6.60. The molecule has 9 aromatic carbocycles. The quantitative estimate of drug-likeness (QED) is 0.170. The van der Waals surface area contributed by atoms with Crippen molar-refractivity contribution < 1.29 is 0 Å². The van der Waals surface area contributed by atoms with Crippen LogP contribution in [0.3, 0.4) is 0 Å². The van der Waals surface area contributed by atoms with Gasteiger partial charge in [0, 0.05) is 22.0 Å². The number of para-hydroxylation sites is 6. The van der Waals surface area contributed by atoms with Crippen molar-refractivity contribution in [3.05, 3.63) is 194 Å². The number of fused-ring (bicyclic) bond motifs is 11. The number of benzene rings is 9. The molecule has 4 nitrogen and oxygen atoms in total. The minimum atomic E-state index is 0.943. The molecule has 4 heteroatoms. The third kappa shape index (κ3) is 4.73. The van der Waals surface area contributed by atoms with Crippen LogP contribution in [0, 0.1) is 0 Å². The fraction of sp³-hybridized carbons (Fsp3) is 0. The van der Waals surface area contributed by atoms with Crippen LogP contribution < -0.4 is 0 Å². The van der Waals surface area contributed by atoms with E-state index in [0.29, 0.717) is 0 Å². The van der Waals surface area contributed by atoms with Gasteiger partial charge in [-0.25, -0.2) is 9.97 Å². The SMILES string of the molecule is c1ccc(-n2c(-c3ccc4cc(-c5ccc6cc(-c7ccc8c(c7)c7ccccc7n7c9ccccc9nc87)ccc6c5)ccc4c3)nc3ccccc32)cc1. The van der Waals surface area contributed by atoms with Gasteiger partial charge in [0.25, 0.3) is 0 Å². The van der Waals surface area contributed by atoms with Gasteiger partial charge in [0.2, 0.25) is 0 Å². The van der Waals surface area contributed by atoms with E-state index in [1.54, 1.807) is 0 Å². The van der Waals surface area contributed by atoms with Crippen LogP contribution in [0.1, 0.15) is 0 Å². The molecule has 0 aliphatic rings. The van der Waals surface area contributed by atoms with Crippen LogP contribution in [0.4, 0.5) is 0 Å². The first-order valence-electron chi connectivity index (χ1n) is 19.1. The molecule has 0 aliphatic carbocycles. The molecule has 12 aromatic rings. The van der Waals surface area contributed by atoms with Crippen LogP contribution in [0.15, 0.2) is 194 Å². The zero-order chi connectivity index (χ0) is 36.7. The summed E-state index contributed by atoms with van der Waals surface area (Å²) in [5, 5.41) is 8.43. The smallest absolute Gasteiger partial charge is 0.146 e. The van der Waals surface area contributed by atoms with E-state index >= 15 is 0 Å². The number of hydrogen-bond donors (Lipinski definition) is 0. The number of imidazole rings is 2. The molecule has 0 atom stereocenters. The number of nitrogens with zero attached hydrogens (tertiary/aromatic N) is 4. The molecule has 0 fully saturated rings. The van der Waals surface area contributed by atoms with Gasteiger partial charge in [0.05, 0.1) is 27.6 Å². The molecule has 0 unspecified atom stereocenters. The van der Waals surface area contributed by atoms with Crippen molar-refractivity contribution in [3.8, 4) is 39.3 Å². The molecular weight excluding hydrogens is 681 g/mol. The van der Waals surface area contributed by atoms with Gasteiger partial charge in [-0.15, -0.1) is 0 Å². The van der Waals surface area contributed by atoms with E-state index in [0.717, 1.165) is 50.2 Å². The summed E-state index contributed by atoms with van der Waals surface area (Å²) in [6.45, 7) is 0. The molecule has 0 amide bonds. The summed E-state index contributed by atoms with van der Waals surface area (Å²) >= 11 is 0. The Hall–Kier alpha value is -7.56. The Morgan fingerprint density at radius 3 is 1.50 bits per heavy atom. The van der Waals surface area contributed by atoms with Crippen molar-refractivity contribution in [1.82, 2.24) is 18.9 Å². The molecule has 0 bridgehead atoms. The first-order chi connectivity index (χ1) is 27.7. The normalized spacial score (nSPS) is 11.9. The molecule has 0 spiro atoms. The average Bonchev–Trinajstić information content (AvgIpc) is 3.86. The van der Waals surface area contributed by atoms with E-state index in [2.05, 4.69) is 197 Å². The predicted octanol–water partition coefficient (Wildman–Crippen LogP) is 13.4. The van der Waals surface area contributed by atoms with E-state index in [-0.39, 0.29) is 0 Å². The summed E-state index contributed by atoms with van der Waals surface area (Å²) in [7, 11) is 0. The second-order valence-corrected chi connectivity index (χ2v) is 14.7. The molecule has 12 rings (SSSR count). The second kappa shape index (κ2) is 12.0. The van der Waals surface area contributed by atoms with Crippen molar-refractivity contribution in [2.75, 3.05) is 0 Å². The van der Waals surface area contributed by atoms with Crippen LogP contribution in [-0.2, 0) is 0 Å². The lowest BCUT2D eigenvalue weighted by molar-refractivity contribution is 1.10. The second-order valence-electron chi connectivity index (χ2n) is 14.7. The molecule has 0 saturated heterocycles. The average molecular weight is 713 g/mol. The van der Waals surface area contributed by atoms with E-state index in [1.807, 2.05) is 6.07 Å². The highest BCUT2D eigenvalue weighted by molar-refractivity contribution is 6.15. The van der Waals surface area contributed by atoms with Gasteiger partial charge in [-0.05, 0) is 128 Å². The Balaban J connectivity index is 0.898. The molecule has 0 saturated carbocycles. The van der Waals surface area contributed by atoms with Gasteiger partial charge in [0.15, 0.2) is 0 Å². The maximum Gasteiger partial charge on any atom is 0.146 e. The summed E-state index contributed by atoms with van der Waals surface area (Å²) in [6.07, 6.45) is 0. The highest BCUT2D eigenvalue weighted by Crippen LogP contribution is 2.37. The van der Waals surface area contributed by atoms with E-state index < -0.39 is 0 Å². The van der Waals surface area contributed by atoms with Crippen LogP contribution in [-0.4, -0.2) is 18.9 Å². The molecule has 260 valence electrons. The third-order valence-corrected chi connectivity index (χ3v) is 11.4. The van der Waals surface area contributed by atoms with Gasteiger partial charge >= 0.3 is 0 Å². The molecule has 0 N–H and O–H groups in total. The van der Waals surface area contributed by atoms with Gasteiger partial charge < -0.3 is 0 Å². The van der Waals surface area contributed by atoms with Crippen molar-refractivity contribution in [2.45, 2.75) is 0 Å². The maximum absolute atomic E-state index is 5.09. The largest absolute Gasteiger partial charge is 0.292 e. The summed E-state index contributed by atoms with van der Waals surface area (Å²) in [6, 6.07) is 69.8. The van der Waals surface area contributed by atoms with Crippen LogP contribution in [0.5, 0.6) is 0 Å². The van der Waals surface area contributed by atoms with Gasteiger partial charge in [-0.2, -0.15) is 0 Å². The first-order valence-corrected chi connectivity index (χ1v) is 19.1. The molecule has 3 aromatic heterocycles. The maximum atomic E-state index is 5.09. The van der Waals surface area contributed by atoms with Crippen molar-refractivity contribution in [1.29, 1.82) is 0 Å². The van der Waals surface area contributed by atoms with E-state index in [4.69, 9.17) is 9.97 Å². The molecule has 56 heavy (non-hydrogen) atoms. The summed E-state index contributed by atoms with van der Waals surface area (Å²) in [5.41, 5.74) is 13.4. The lowest BCUT2D eigenvalue weighted by atomic mass is 9.95. The number of aromatic nitrogens is 4. The third-order valence-electron chi connectivity index (χ3n) is 11.4. The van der Waals surface area contributed by atoms with Gasteiger partial charge in [-0.3, -0.25) is 8.97 Å². The van der Waals surface area contributed by atoms with Crippen molar-refractivity contribution >= 4 is 70.9 Å². The monoisotopic (exact) mass is 712 g/mol. The minimum Gasteiger partial charge on any atom is -0.292 e. The van der Waals surface area contributed by atoms with Crippen LogP contribution >= 0.6 is 0 Å². The topological polar surface area (TPSA) is 35.1 Å². The lowest BCUT2D eigenvalue weighted by Crippen LogP contribution is -1.97. The predicted molar refractivity (Wildman–Crippen MR) is 234 cm³/mol. The first kappa shape index (κ1) is 30.9. The Morgan fingerprint density at radius 1 is 0.321 bits per heavy atom. The van der Waals surface area contributed by atoms with E-state index in [9.17, 15) is 0 Å². The molecular formula is C52H32N4. The molecule has 3 heterocycles. The zero-order valence-corrected chi connectivity index (χ0v) is 30.3. The van der Waals surface area contributed by atoms with Crippen molar-refractivity contribution in [2.24, 2.45) is 0 Å². The summed E-state index contributed by atoms with van der Waals surface area (Å²) in [4.78, 5) is 10.2. The Morgan fingerprint density at radius 2 is 0.821 bits per heavy atom. The zero-order valence-electron chi connectivity index (χ0n) is 30.3. The summed E-state index contributed by atoms with van der Waals surface area (Å²) in [5.74, 6) is 0.943. The van der Waals surface area contributed by atoms with Crippen LogP contribution in [0.2, 0.25) is 0 Å². The standard InChI is InChI=1S/C52H32N4/c1-2-10-42(11-3-1)55-49-16-8-5-13-46(49)53-51(55)41-25-24-37-29-35(21-23-39(37)31-41)33-18-19-36-30-38(22-20-34(36)28-33)40-26-27-44-45(32-40)43-12-4-7-15-48(43)56-50-17-9-6-14-47(50)54-52(44)56/h1-32H. The van der Waals surface area contributed by atoms with Crippen molar-refractivity contribution in [3.63, 3.8) is 0 Å². The molecule has 0 radical (unpaired) electrons. The fourth-order valence-corrected chi connectivity index (χ4v) is 8.72. The van der Waals surface area contributed by atoms with Gasteiger partial charge in [-0.1, -0.05) is 115 Å². The minimum absolute atomic E-state index is 0.943. The summed E-state index contributed by atoms with van der Waals surface area (Å²) < 4.78 is 4.56. The number of pyridine rings is 1. The Labute approximate surface area is 322 Å².